The van der Waals surface area contributed by atoms with Crippen molar-refractivity contribution in [3.05, 3.63) is 6.92 Å². The van der Waals surface area contributed by atoms with E-state index in [4.69, 9.17) is 0 Å². The van der Waals surface area contributed by atoms with Gasteiger partial charge in [-0.2, -0.15) is 6.92 Å². The van der Waals surface area contributed by atoms with E-state index in [1.165, 1.54) is 14.2 Å². The summed E-state index contributed by atoms with van der Waals surface area (Å²) in [5.74, 6) is 0. The van der Waals surface area contributed by atoms with Crippen LogP contribution in [0.3, 0.4) is 0 Å². The molecule has 0 aromatic heterocycles. The van der Waals surface area contributed by atoms with Crippen LogP contribution in [-0.4, -0.2) is 20.4 Å². The van der Waals surface area contributed by atoms with Crippen molar-refractivity contribution < 1.29 is 47.0 Å². The number of carbonyl (C=O) groups excluding carboxylic acids is 1. The van der Waals surface area contributed by atoms with Gasteiger partial charge >= 0.3 is 6.16 Å². The van der Waals surface area contributed by atoms with Gasteiger partial charge in [-0.1, -0.05) is 0 Å². The van der Waals surface area contributed by atoms with E-state index in [0.717, 1.165) is 0 Å². The summed E-state index contributed by atoms with van der Waals surface area (Å²) >= 11 is 0. The van der Waals surface area contributed by atoms with Crippen molar-refractivity contribution >= 4 is 6.16 Å². The van der Waals surface area contributed by atoms with Crippen LogP contribution >= 0.6 is 0 Å². The Kier molecular flexibility index (Phi) is 28.3. The molecule has 1 radical (unpaired) electrons. The van der Waals surface area contributed by atoms with E-state index in [9.17, 15) is 4.79 Å². The van der Waals surface area contributed by atoms with E-state index in [1.54, 1.807) is 6.92 Å². The van der Waals surface area contributed by atoms with Crippen molar-refractivity contribution in [3.63, 3.8) is 0 Å². The van der Waals surface area contributed by atoms with Gasteiger partial charge in [0, 0.05) is 32.7 Å². The average Bonchev–Trinajstić information content (AvgIpc) is 1.91. The molecule has 0 saturated heterocycles. The largest absolute Gasteiger partial charge is 0.507 e. The van der Waals surface area contributed by atoms with Crippen LogP contribution in [-0.2, 0) is 42.2 Å². The van der Waals surface area contributed by atoms with Gasteiger partial charge in [-0.05, 0) is 0 Å². The van der Waals surface area contributed by atoms with Crippen LogP contribution in [0.5, 0.6) is 0 Å². The Morgan fingerprint density at radius 3 is 1.44 bits per heavy atom. The second-order valence-corrected chi connectivity index (χ2v) is 0.658. The second kappa shape index (κ2) is 15.8. The van der Waals surface area contributed by atoms with Gasteiger partial charge in [0.2, 0.25) is 0 Å². The summed E-state index contributed by atoms with van der Waals surface area (Å²) in [5.41, 5.74) is 0. The SMILES string of the molecule is COC(=O)OC.[CH2-]C.[Y]. The molecule has 0 N–H and O–H groups in total. The van der Waals surface area contributed by atoms with Crippen LogP contribution < -0.4 is 0 Å². The molecule has 3 nitrogen and oxygen atoms in total. The van der Waals surface area contributed by atoms with Gasteiger partial charge in [-0.3, -0.25) is 0 Å². The molecule has 0 atom stereocenters. The molecule has 0 saturated carbocycles. The Labute approximate surface area is 81.0 Å². The zero-order valence-electron chi connectivity index (χ0n) is 6.01. The summed E-state index contributed by atoms with van der Waals surface area (Å²) in [6.45, 7) is 5.00. The third-order valence-electron chi connectivity index (χ3n) is 0.333. The van der Waals surface area contributed by atoms with Crippen molar-refractivity contribution in [1.29, 1.82) is 0 Å². The van der Waals surface area contributed by atoms with Crippen molar-refractivity contribution in [2.45, 2.75) is 6.92 Å². The maximum atomic E-state index is 9.74. The molecule has 0 unspecified atom stereocenters. The Hall–Kier alpha value is 0.374. The topological polar surface area (TPSA) is 35.5 Å². The van der Waals surface area contributed by atoms with E-state index in [2.05, 4.69) is 16.4 Å². The predicted octanol–water partition coefficient (Wildman–Crippen LogP) is 1.24. The minimum atomic E-state index is -0.657. The van der Waals surface area contributed by atoms with Gasteiger partial charge in [-0.15, -0.1) is 0 Å². The molecule has 0 aliphatic heterocycles. The van der Waals surface area contributed by atoms with E-state index < -0.39 is 6.16 Å². The Morgan fingerprint density at radius 2 is 1.44 bits per heavy atom. The van der Waals surface area contributed by atoms with Crippen LogP contribution in [0, 0.1) is 6.92 Å². The van der Waals surface area contributed by atoms with E-state index in [-0.39, 0.29) is 32.7 Å². The van der Waals surface area contributed by atoms with Gasteiger partial charge < -0.3 is 16.4 Å². The van der Waals surface area contributed by atoms with E-state index in [0.29, 0.717) is 0 Å². The quantitative estimate of drug-likeness (QED) is 0.443. The summed E-state index contributed by atoms with van der Waals surface area (Å²) < 4.78 is 8.08. The molecule has 0 heterocycles. The Morgan fingerprint density at radius 1 is 1.22 bits per heavy atom. The fourth-order valence-electron chi connectivity index (χ4n) is 0.0833. The molecule has 0 aliphatic carbocycles. The molecule has 53 valence electrons. The van der Waals surface area contributed by atoms with Crippen molar-refractivity contribution in [3.8, 4) is 0 Å². The minimum Gasteiger partial charge on any atom is -0.438 e. The zero-order valence-corrected chi connectivity index (χ0v) is 8.85. The molecule has 0 fully saturated rings. The Balaban J connectivity index is -0.000000109. The molecule has 0 aromatic carbocycles. The molecule has 0 aliphatic rings. The van der Waals surface area contributed by atoms with Crippen molar-refractivity contribution in [2.24, 2.45) is 0 Å². The standard InChI is InChI=1S/C3H6O3.C2H5.Y/c1-5-3(4)6-2;1-2;/h1-2H3;1H2,2H3;/q;-1;. The van der Waals surface area contributed by atoms with Gasteiger partial charge in [0.25, 0.3) is 0 Å². The van der Waals surface area contributed by atoms with Gasteiger partial charge in [0.05, 0.1) is 14.2 Å². The summed E-state index contributed by atoms with van der Waals surface area (Å²) in [5, 5.41) is 0. The first kappa shape index (κ1) is 16.2. The molecule has 9 heavy (non-hydrogen) atoms. The molecule has 0 aromatic rings. The van der Waals surface area contributed by atoms with Crippen LogP contribution in [0.2, 0.25) is 0 Å². The number of hydrogen-bond donors (Lipinski definition) is 0. The fourth-order valence-corrected chi connectivity index (χ4v) is 0.0833. The first-order chi connectivity index (χ1) is 3.81. The molecule has 4 heteroatoms. The molecular weight excluding hydrogens is 197 g/mol. The van der Waals surface area contributed by atoms with Gasteiger partial charge in [0.15, 0.2) is 0 Å². The van der Waals surface area contributed by atoms with Crippen LogP contribution in [0.1, 0.15) is 6.92 Å². The number of rotatable bonds is 0. The smallest absolute Gasteiger partial charge is 0.438 e. The maximum absolute atomic E-state index is 9.74. The van der Waals surface area contributed by atoms with Gasteiger partial charge in [0.1, 0.15) is 0 Å². The van der Waals surface area contributed by atoms with Crippen molar-refractivity contribution in [1.82, 2.24) is 0 Å². The molecular formula is C5H11O3Y-. The van der Waals surface area contributed by atoms with Crippen LogP contribution in [0.25, 0.3) is 0 Å². The third kappa shape index (κ3) is 17.8. The van der Waals surface area contributed by atoms with Gasteiger partial charge in [-0.25, -0.2) is 4.79 Å². The third-order valence-corrected chi connectivity index (χ3v) is 0.333. The molecule has 0 amide bonds. The minimum absolute atomic E-state index is 0. The number of methoxy groups -OCH3 is 2. The van der Waals surface area contributed by atoms with E-state index >= 15 is 0 Å². The second-order valence-electron chi connectivity index (χ2n) is 0.658. The summed E-state index contributed by atoms with van der Waals surface area (Å²) in [4.78, 5) is 9.74. The number of hydrogen-bond acceptors (Lipinski definition) is 3. The zero-order chi connectivity index (χ0) is 6.99. The summed E-state index contributed by atoms with van der Waals surface area (Å²) in [6, 6.07) is 0. The fraction of sp³-hybridized carbons (Fsp3) is 0.600. The normalized spacial score (nSPS) is 5.33. The van der Waals surface area contributed by atoms with Crippen LogP contribution in [0.15, 0.2) is 0 Å². The van der Waals surface area contributed by atoms with E-state index in [1.807, 2.05) is 0 Å². The summed E-state index contributed by atoms with van der Waals surface area (Å²) in [6.07, 6.45) is -0.657. The number of carbonyl (C=O) groups is 1. The van der Waals surface area contributed by atoms with Crippen LogP contribution in [0.4, 0.5) is 4.79 Å². The summed E-state index contributed by atoms with van der Waals surface area (Å²) in [7, 11) is 2.51. The monoisotopic (exact) mass is 208 g/mol. The average molecular weight is 208 g/mol. The molecule has 0 spiro atoms. The molecule has 0 bridgehead atoms. The Bertz CT molecular complexity index is 50.2. The maximum Gasteiger partial charge on any atom is 0.507 e. The number of ether oxygens (including phenoxy) is 2. The first-order valence-electron chi connectivity index (χ1n) is 2.14. The molecule has 0 rings (SSSR count). The first-order valence-corrected chi connectivity index (χ1v) is 2.14. The predicted molar refractivity (Wildman–Crippen MR) is 30.4 cm³/mol. The van der Waals surface area contributed by atoms with Crippen molar-refractivity contribution in [2.75, 3.05) is 14.2 Å².